The van der Waals surface area contributed by atoms with Gasteiger partial charge < -0.3 is 5.32 Å². The summed E-state index contributed by atoms with van der Waals surface area (Å²) in [7, 11) is 0. The average molecular weight is 203 g/mol. The smallest absolute Gasteiger partial charge is 0.0348 e. The molecule has 0 radical (unpaired) electrons. The van der Waals surface area contributed by atoms with E-state index in [0.717, 1.165) is 0 Å². The van der Waals surface area contributed by atoms with Gasteiger partial charge in [-0.2, -0.15) is 0 Å². The van der Waals surface area contributed by atoms with Gasteiger partial charge in [-0.25, -0.2) is 0 Å². The van der Waals surface area contributed by atoms with Crippen molar-refractivity contribution in [2.45, 2.75) is 32.9 Å². The molecule has 2 atom stereocenters. The van der Waals surface area contributed by atoms with E-state index in [1.54, 1.807) is 0 Å². The van der Waals surface area contributed by atoms with Gasteiger partial charge in [0, 0.05) is 12.1 Å². The van der Waals surface area contributed by atoms with Crippen LogP contribution in [0.25, 0.3) is 0 Å². The zero-order valence-electron chi connectivity index (χ0n) is 9.90. The van der Waals surface area contributed by atoms with Gasteiger partial charge in [0.25, 0.3) is 0 Å². The highest BCUT2D eigenvalue weighted by Crippen LogP contribution is 2.21. The van der Waals surface area contributed by atoms with E-state index in [-0.39, 0.29) is 0 Å². The Balaban J connectivity index is 2.79. The van der Waals surface area contributed by atoms with Gasteiger partial charge in [0.1, 0.15) is 0 Å². The van der Waals surface area contributed by atoms with E-state index in [4.69, 9.17) is 0 Å². The summed E-state index contributed by atoms with van der Waals surface area (Å²) in [6.45, 7) is 10.4. The van der Waals surface area contributed by atoms with Crippen LogP contribution < -0.4 is 5.32 Å². The summed E-state index contributed by atoms with van der Waals surface area (Å²) in [6, 6.07) is 11.3. The molecule has 0 spiro atoms. The predicted molar refractivity (Wildman–Crippen MR) is 66.8 cm³/mol. The highest BCUT2D eigenvalue weighted by atomic mass is 14.9. The van der Waals surface area contributed by atoms with Crippen LogP contribution in [0.4, 0.5) is 0 Å². The molecule has 0 aromatic heterocycles. The molecule has 0 saturated heterocycles. The Hall–Kier alpha value is -1.08. The molecule has 15 heavy (non-hydrogen) atoms. The third-order valence-electron chi connectivity index (χ3n) is 2.62. The lowest BCUT2D eigenvalue weighted by atomic mass is 9.95. The molecule has 0 aliphatic carbocycles. The van der Waals surface area contributed by atoms with Gasteiger partial charge in [-0.3, -0.25) is 0 Å². The average Bonchev–Trinajstić information content (AvgIpc) is 2.26. The van der Waals surface area contributed by atoms with Crippen molar-refractivity contribution in [2.75, 3.05) is 0 Å². The molecule has 1 aromatic carbocycles. The van der Waals surface area contributed by atoms with Gasteiger partial charge in [0.15, 0.2) is 0 Å². The first-order valence-electron chi connectivity index (χ1n) is 5.58. The van der Waals surface area contributed by atoms with Crippen LogP contribution in [0.2, 0.25) is 0 Å². The van der Waals surface area contributed by atoms with E-state index in [1.165, 1.54) is 5.56 Å². The van der Waals surface area contributed by atoms with Crippen molar-refractivity contribution in [3.63, 3.8) is 0 Å². The van der Waals surface area contributed by atoms with E-state index >= 15 is 0 Å². The summed E-state index contributed by atoms with van der Waals surface area (Å²) in [5.41, 5.74) is 1.35. The van der Waals surface area contributed by atoms with Crippen LogP contribution in [0.1, 0.15) is 32.4 Å². The van der Waals surface area contributed by atoms with Crippen LogP contribution in [0.3, 0.4) is 0 Å². The van der Waals surface area contributed by atoms with Crippen molar-refractivity contribution in [3.05, 3.63) is 48.6 Å². The lowest BCUT2D eigenvalue weighted by molar-refractivity contribution is 0.395. The van der Waals surface area contributed by atoms with Crippen molar-refractivity contribution in [1.82, 2.24) is 5.32 Å². The predicted octanol–water partition coefficient (Wildman–Crippen LogP) is 3.55. The fourth-order valence-electron chi connectivity index (χ4n) is 1.69. The molecule has 1 aromatic rings. The molecule has 0 aliphatic heterocycles. The monoisotopic (exact) mass is 203 g/mol. The van der Waals surface area contributed by atoms with Gasteiger partial charge >= 0.3 is 0 Å². The molecular formula is C14H21N. The number of hydrogen-bond acceptors (Lipinski definition) is 1. The normalized spacial score (nSPS) is 14.9. The number of hydrogen-bond donors (Lipinski definition) is 1. The van der Waals surface area contributed by atoms with E-state index in [0.29, 0.717) is 18.0 Å². The molecule has 0 bridgehead atoms. The van der Waals surface area contributed by atoms with Crippen molar-refractivity contribution < 1.29 is 0 Å². The molecule has 1 heteroatoms. The van der Waals surface area contributed by atoms with Crippen molar-refractivity contribution in [2.24, 2.45) is 5.92 Å². The second-order valence-corrected chi connectivity index (χ2v) is 4.32. The molecule has 0 heterocycles. The second kappa shape index (κ2) is 5.72. The first kappa shape index (κ1) is 12.0. The van der Waals surface area contributed by atoms with Gasteiger partial charge in [-0.15, -0.1) is 6.58 Å². The minimum absolute atomic E-state index is 0.345. The largest absolute Gasteiger partial charge is 0.304 e. The van der Waals surface area contributed by atoms with Crippen LogP contribution in [0.15, 0.2) is 43.0 Å². The summed E-state index contributed by atoms with van der Waals surface area (Å²) in [4.78, 5) is 0. The maximum atomic E-state index is 3.80. The Bertz CT molecular complexity index is 289. The first-order chi connectivity index (χ1) is 7.15. The van der Waals surface area contributed by atoms with Crippen LogP contribution >= 0.6 is 0 Å². The number of nitrogens with one attached hydrogen (secondary N) is 1. The SMILES string of the molecule is C=CC(C)NC(c1ccccc1)C(C)C. The molecule has 1 rings (SSSR count). The summed E-state index contributed by atoms with van der Waals surface area (Å²) in [5, 5.41) is 3.56. The molecule has 0 fully saturated rings. The highest BCUT2D eigenvalue weighted by Gasteiger charge is 2.15. The van der Waals surface area contributed by atoms with Crippen LogP contribution in [0, 0.1) is 5.92 Å². The van der Waals surface area contributed by atoms with E-state index in [9.17, 15) is 0 Å². The molecule has 82 valence electrons. The van der Waals surface area contributed by atoms with Crippen LogP contribution in [-0.4, -0.2) is 6.04 Å². The zero-order valence-corrected chi connectivity index (χ0v) is 9.90. The first-order valence-corrected chi connectivity index (χ1v) is 5.58. The molecule has 1 nitrogen and oxygen atoms in total. The second-order valence-electron chi connectivity index (χ2n) is 4.32. The summed E-state index contributed by atoms with van der Waals surface area (Å²) < 4.78 is 0. The van der Waals surface area contributed by atoms with Gasteiger partial charge in [-0.05, 0) is 18.4 Å². The third-order valence-corrected chi connectivity index (χ3v) is 2.62. The highest BCUT2D eigenvalue weighted by molar-refractivity contribution is 5.19. The topological polar surface area (TPSA) is 12.0 Å². The maximum Gasteiger partial charge on any atom is 0.0348 e. The van der Waals surface area contributed by atoms with E-state index in [2.05, 4.69) is 63.0 Å². The van der Waals surface area contributed by atoms with Crippen LogP contribution in [-0.2, 0) is 0 Å². The summed E-state index contributed by atoms with van der Waals surface area (Å²) in [6.07, 6.45) is 1.94. The number of rotatable bonds is 5. The molecule has 0 amide bonds. The summed E-state index contributed by atoms with van der Waals surface area (Å²) >= 11 is 0. The number of benzene rings is 1. The van der Waals surface area contributed by atoms with E-state index in [1.807, 2.05) is 6.08 Å². The van der Waals surface area contributed by atoms with Crippen molar-refractivity contribution in [3.8, 4) is 0 Å². The lowest BCUT2D eigenvalue weighted by Crippen LogP contribution is -2.32. The Labute approximate surface area is 93.2 Å². The lowest BCUT2D eigenvalue weighted by Gasteiger charge is -2.25. The van der Waals surface area contributed by atoms with Gasteiger partial charge in [0.2, 0.25) is 0 Å². The third kappa shape index (κ3) is 3.52. The summed E-state index contributed by atoms with van der Waals surface area (Å²) in [5.74, 6) is 0.579. The zero-order chi connectivity index (χ0) is 11.3. The van der Waals surface area contributed by atoms with E-state index < -0.39 is 0 Å². The van der Waals surface area contributed by atoms with Crippen molar-refractivity contribution in [1.29, 1.82) is 0 Å². The Kier molecular flexibility index (Phi) is 4.57. The maximum absolute atomic E-state index is 3.80. The Morgan fingerprint density at radius 2 is 1.73 bits per heavy atom. The molecule has 0 aliphatic rings. The molecule has 0 saturated carbocycles. The fraction of sp³-hybridized carbons (Fsp3) is 0.429. The van der Waals surface area contributed by atoms with Gasteiger partial charge in [-0.1, -0.05) is 50.3 Å². The van der Waals surface area contributed by atoms with Crippen molar-refractivity contribution >= 4 is 0 Å². The molecular weight excluding hydrogens is 182 g/mol. The van der Waals surface area contributed by atoms with Crippen LogP contribution in [0.5, 0.6) is 0 Å². The molecule has 2 unspecified atom stereocenters. The minimum atomic E-state index is 0.345. The standard InChI is InChI=1S/C14H21N/c1-5-12(4)15-14(11(2)3)13-9-7-6-8-10-13/h5-12,14-15H,1H2,2-4H3. The minimum Gasteiger partial charge on any atom is -0.304 e. The quantitative estimate of drug-likeness (QED) is 0.722. The van der Waals surface area contributed by atoms with Gasteiger partial charge in [0.05, 0.1) is 0 Å². The Morgan fingerprint density at radius 3 is 2.20 bits per heavy atom. The molecule has 1 N–H and O–H groups in total. The Morgan fingerprint density at radius 1 is 1.13 bits per heavy atom. The fourth-order valence-corrected chi connectivity index (χ4v) is 1.69.